The first-order chi connectivity index (χ1) is 12.4. The van der Waals surface area contributed by atoms with E-state index in [0.29, 0.717) is 24.6 Å². The first kappa shape index (κ1) is 16.4. The van der Waals surface area contributed by atoms with Crippen molar-refractivity contribution in [1.29, 1.82) is 0 Å². The predicted octanol–water partition coefficient (Wildman–Crippen LogP) is 4.51. The van der Waals surface area contributed by atoms with Crippen LogP contribution in [0.3, 0.4) is 0 Å². The highest BCUT2D eigenvalue weighted by molar-refractivity contribution is 5.81. The van der Waals surface area contributed by atoms with E-state index in [-0.39, 0.29) is 16.5 Å². The van der Waals surface area contributed by atoms with E-state index in [4.69, 9.17) is 4.42 Å². The molecule has 1 aliphatic rings. The summed E-state index contributed by atoms with van der Waals surface area (Å²) in [5.41, 5.74) is -0.289. The molecule has 4 nitrogen and oxygen atoms in total. The van der Waals surface area contributed by atoms with E-state index < -0.39 is 11.7 Å². The van der Waals surface area contributed by atoms with Crippen molar-refractivity contribution in [2.45, 2.75) is 19.1 Å². The van der Waals surface area contributed by atoms with Gasteiger partial charge in [-0.3, -0.25) is 9.36 Å². The maximum atomic E-state index is 12.9. The van der Waals surface area contributed by atoms with Gasteiger partial charge >= 0.3 is 6.18 Å². The van der Waals surface area contributed by atoms with Crippen molar-refractivity contribution in [3.63, 3.8) is 0 Å². The summed E-state index contributed by atoms with van der Waals surface area (Å²) in [6, 6.07) is 6.59. The van der Waals surface area contributed by atoms with Gasteiger partial charge in [-0.25, -0.2) is 4.98 Å². The number of alkyl halides is 3. The summed E-state index contributed by atoms with van der Waals surface area (Å²) in [6.45, 7) is 0.457. The van der Waals surface area contributed by atoms with Gasteiger partial charge in [0.1, 0.15) is 11.6 Å². The van der Waals surface area contributed by atoms with E-state index in [2.05, 4.69) is 4.98 Å². The first-order valence-electron chi connectivity index (χ1n) is 7.96. The van der Waals surface area contributed by atoms with Gasteiger partial charge in [0.05, 0.1) is 22.7 Å². The quantitative estimate of drug-likeness (QED) is 0.677. The Hall–Kier alpha value is -3.09. The predicted molar refractivity (Wildman–Crippen MR) is 91.3 cm³/mol. The second-order valence-electron chi connectivity index (χ2n) is 5.94. The van der Waals surface area contributed by atoms with Gasteiger partial charge in [-0.15, -0.1) is 0 Å². The molecule has 0 aliphatic carbocycles. The number of halogens is 3. The average molecular weight is 358 g/mol. The standard InChI is InChI=1S/C19H13F3N2O2/c20-19(21,22)13-6-7-15-16(11-13)23-17-12(8-9-24(17)18(15)25)3-1-4-14-5-2-10-26-14/h1-7,10-11H,8-9H2/b4-1-,12-3-. The van der Waals surface area contributed by atoms with Gasteiger partial charge in [0.2, 0.25) is 0 Å². The van der Waals surface area contributed by atoms with Crippen LogP contribution in [-0.4, -0.2) is 9.55 Å². The van der Waals surface area contributed by atoms with Gasteiger partial charge in [-0.1, -0.05) is 12.2 Å². The van der Waals surface area contributed by atoms with Crippen LogP contribution >= 0.6 is 0 Å². The largest absolute Gasteiger partial charge is 0.465 e. The van der Waals surface area contributed by atoms with Crippen molar-refractivity contribution in [1.82, 2.24) is 9.55 Å². The zero-order valence-corrected chi connectivity index (χ0v) is 13.5. The van der Waals surface area contributed by atoms with Gasteiger partial charge in [0, 0.05) is 6.54 Å². The number of fused-ring (bicyclic) bond motifs is 2. The minimum Gasteiger partial charge on any atom is -0.465 e. The Morgan fingerprint density at radius 1 is 1.23 bits per heavy atom. The summed E-state index contributed by atoms with van der Waals surface area (Å²) in [5.74, 6) is 1.09. The molecule has 0 atom stereocenters. The van der Waals surface area contributed by atoms with E-state index in [1.165, 1.54) is 10.6 Å². The molecule has 132 valence electrons. The first-order valence-corrected chi connectivity index (χ1v) is 7.96. The lowest BCUT2D eigenvalue weighted by Crippen LogP contribution is -2.21. The van der Waals surface area contributed by atoms with Gasteiger partial charge in [0.15, 0.2) is 0 Å². The van der Waals surface area contributed by atoms with Crippen LogP contribution in [0, 0.1) is 0 Å². The third-order valence-corrected chi connectivity index (χ3v) is 4.28. The lowest BCUT2D eigenvalue weighted by Gasteiger charge is -2.09. The van der Waals surface area contributed by atoms with Crippen molar-refractivity contribution in [2.24, 2.45) is 0 Å². The second kappa shape index (κ2) is 6.01. The highest BCUT2D eigenvalue weighted by Crippen LogP contribution is 2.31. The highest BCUT2D eigenvalue weighted by atomic mass is 19.4. The Bertz CT molecular complexity index is 1090. The normalized spacial score (nSPS) is 16.0. The Morgan fingerprint density at radius 3 is 2.81 bits per heavy atom. The maximum absolute atomic E-state index is 12.9. The summed E-state index contributed by atoms with van der Waals surface area (Å²) >= 11 is 0. The van der Waals surface area contributed by atoms with Crippen molar-refractivity contribution < 1.29 is 17.6 Å². The Balaban J connectivity index is 1.79. The Labute approximate surface area is 145 Å². The SMILES string of the molecule is O=c1c2ccc(C(F)(F)F)cc2nc2n1CC/C2=C/C=C\c1ccco1. The van der Waals surface area contributed by atoms with Crippen molar-refractivity contribution >= 4 is 22.6 Å². The van der Waals surface area contributed by atoms with Gasteiger partial charge < -0.3 is 4.42 Å². The molecule has 0 saturated carbocycles. The fourth-order valence-electron chi connectivity index (χ4n) is 3.00. The molecule has 1 aromatic carbocycles. The Kier molecular flexibility index (Phi) is 3.79. The molecule has 1 aliphatic heterocycles. The average Bonchev–Trinajstić information content (AvgIpc) is 3.24. The molecule has 0 unspecified atom stereocenters. The number of benzene rings is 1. The third kappa shape index (κ3) is 2.85. The molecule has 0 amide bonds. The molecule has 0 fully saturated rings. The summed E-state index contributed by atoms with van der Waals surface area (Å²) in [6.07, 6.45) is 3.00. The minimum atomic E-state index is -4.48. The molecule has 4 rings (SSSR count). The lowest BCUT2D eigenvalue weighted by atomic mass is 10.1. The number of hydrogen-bond acceptors (Lipinski definition) is 3. The van der Waals surface area contributed by atoms with Crippen LogP contribution in [0.2, 0.25) is 0 Å². The second-order valence-corrected chi connectivity index (χ2v) is 5.94. The highest BCUT2D eigenvalue weighted by Gasteiger charge is 2.31. The molecule has 7 heteroatoms. The smallest absolute Gasteiger partial charge is 0.416 e. The molecule has 0 saturated heterocycles. The van der Waals surface area contributed by atoms with Gasteiger partial charge in [0.25, 0.3) is 5.56 Å². The summed E-state index contributed by atoms with van der Waals surface area (Å²) in [5, 5.41) is 0.189. The molecular weight excluding hydrogens is 345 g/mol. The lowest BCUT2D eigenvalue weighted by molar-refractivity contribution is -0.137. The summed E-state index contributed by atoms with van der Waals surface area (Å²) in [7, 11) is 0. The molecule has 0 bridgehead atoms. The molecular formula is C19H13F3N2O2. The number of furan rings is 1. The van der Waals surface area contributed by atoms with Gasteiger partial charge in [-0.05, 0) is 48.4 Å². The third-order valence-electron chi connectivity index (χ3n) is 4.28. The fourth-order valence-corrected chi connectivity index (χ4v) is 3.00. The molecule has 0 spiro atoms. The van der Waals surface area contributed by atoms with E-state index in [9.17, 15) is 18.0 Å². The van der Waals surface area contributed by atoms with E-state index >= 15 is 0 Å². The summed E-state index contributed by atoms with van der Waals surface area (Å²) < 4.78 is 45.5. The van der Waals surface area contributed by atoms with Crippen molar-refractivity contribution in [2.75, 3.05) is 0 Å². The number of aromatic nitrogens is 2. The molecule has 2 aromatic heterocycles. The maximum Gasteiger partial charge on any atom is 0.416 e. The molecule has 3 heterocycles. The molecule has 26 heavy (non-hydrogen) atoms. The molecule has 0 N–H and O–H groups in total. The van der Waals surface area contributed by atoms with Crippen LogP contribution in [0.5, 0.6) is 0 Å². The van der Waals surface area contributed by atoms with Crippen LogP contribution < -0.4 is 5.56 Å². The summed E-state index contributed by atoms with van der Waals surface area (Å²) in [4.78, 5) is 16.9. The number of hydrogen-bond donors (Lipinski definition) is 0. The zero-order chi connectivity index (χ0) is 18.3. The zero-order valence-electron chi connectivity index (χ0n) is 13.5. The number of allylic oxidation sites excluding steroid dienone is 3. The van der Waals surface area contributed by atoms with Gasteiger partial charge in [-0.2, -0.15) is 13.2 Å². The van der Waals surface area contributed by atoms with E-state index in [1.54, 1.807) is 36.6 Å². The van der Waals surface area contributed by atoms with Crippen LogP contribution in [0.15, 0.2) is 58.0 Å². The topological polar surface area (TPSA) is 48.0 Å². The van der Waals surface area contributed by atoms with Crippen molar-refractivity contribution in [3.8, 4) is 0 Å². The van der Waals surface area contributed by atoms with Crippen LogP contribution in [0.4, 0.5) is 13.2 Å². The monoisotopic (exact) mass is 358 g/mol. The Morgan fingerprint density at radius 2 is 2.08 bits per heavy atom. The van der Waals surface area contributed by atoms with Crippen LogP contribution in [-0.2, 0) is 12.7 Å². The van der Waals surface area contributed by atoms with Crippen LogP contribution in [0.25, 0.3) is 22.6 Å². The number of rotatable bonds is 2. The molecule has 3 aromatic rings. The van der Waals surface area contributed by atoms with Crippen molar-refractivity contribution in [3.05, 3.63) is 76.2 Å². The van der Waals surface area contributed by atoms with Crippen LogP contribution in [0.1, 0.15) is 23.6 Å². The number of nitrogens with zero attached hydrogens (tertiary/aromatic N) is 2. The van der Waals surface area contributed by atoms with E-state index in [1.807, 2.05) is 0 Å². The molecule has 0 radical (unpaired) electrons. The minimum absolute atomic E-state index is 0.0545. The van der Waals surface area contributed by atoms with E-state index in [0.717, 1.165) is 17.7 Å². The fraction of sp³-hybridized carbons (Fsp3) is 0.158.